The number of rotatable bonds is 7. The first-order valence-electron chi connectivity index (χ1n) is 22.6. The maximum absolute atomic E-state index is 2.60. The molecule has 65 heavy (non-hydrogen) atoms. The van der Waals surface area contributed by atoms with Crippen LogP contribution in [-0.2, 0) is 10.8 Å². The second-order valence-corrected chi connectivity index (χ2v) is 21.6. The van der Waals surface area contributed by atoms with Crippen LogP contribution in [0.15, 0.2) is 188 Å². The van der Waals surface area contributed by atoms with Crippen LogP contribution in [0.25, 0.3) is 68.0 Å². The molecule has 0 aliphatic carbocycles. The number of nitrogens with zero attached hydrogens (tertiary/aromatic N) is 3. The fraction of sp³-hybridized carbons (Fsp3) is 0.133. The summed E-state index contributed by atoms with van der Waals surface area (Å²) in [6.07, 6.45) is 0. The van der Waals surface area contributed by atoms with Crippen LogP contribution in [0.2, 0.25) is 0 Å². The van der Waals surface area contributed by atoms with Crippen LogP contribution in [0, 0.1) is 0 Å². The summed E-state index contributed by atoms with van der Waals surface area (Å²) in [5, 5.41) is 6.55. The fourth-order valence-electron chi connectivity index (χ4n) is 9.87. The molecule has 0 spiro atoms. The van der Waals surface area contributed by atoms with Crippen LogP contribution in [0.1, 0.15) is 52.7 Å². The molecule has 4 heterocycles. The van der Waals surface area contributed by atoms with Gasteiger partial charge in [-0.15, -0.1) is 22.7 Å². The van der Waals surface area contributed by atoms with E-state index in [-0.39, 0.29) is 10.8 Å². The highest BCUT2D eigenvalue weighted by Crippen LogP contribution is 2.52. The van der Waals surface area contributed by atoms with Crippen molar-refractivity contribution < 1.29 is 0 Å². The van der Waals surface area contributed by atoms with Gasteiger partial charge >= 0.3 is 0 Å². The number of aromatic nitrogens is 1. The summed E-state index contributed by atoms with van der Waals surface area (Å²) in [6.45, 7) is 13.7. The Bertz CT molecular complexity index is 3700. The molecular weight excluding hydrogens is 827 g/mol. The van der Waals surface area contributed by atoms with Gasteiger partial charge in [0.15, 0.2) is 0 Å². The monoisotopic (exact) mass is 875 g/mol. The number of thiophene rings is 2. The first kappa shape index (κ1) is 39.7. The lowest BCUT2D eigenvalue weighted by molar-refractivity contribution is 0.590. The molecule has 0 radical (unpaired) electrons. The molecule has 0 fully saturated rings. The number of hydrogen-bond donors (Lipinski definition) is 0. The Morgan fingerprint density at radius 1 is 0.369 bits per heavy atom. The minimum atomic E-state index is 0.0794. The Hall–Kier alpha value is -6.92. The van der Waals surface area contributed by atoms with Crippen molar-refractivity contribution in [2.24, 2.45) is 0 Å². The SMILES string of the molecule is CC(C)(C)c1ccc(N(c2ccccc2)c2ccc3c(c2)sc2c3c3cc(-c4ccccc4)cc4c5sc6cc(N(c7ccccc7)c7ccc(C(C)(C)C)cc7)ccc6c5n2c43)cc1. The molecular formula is C60H49N3S2. The number of hydrogen-bond acceptors (Lipinski definition) is 4. The van der Waals surface area contributed by atoms with E-state index in [9.17, 15) is 0 Å². The Morgan fingerprint density at radius 2 is 0.815 bits per heavy atom. The van der Waals surface area contributed by atoms with Crippen LogP contribution in [0.4, 0.5) is 34.1 Å². The largest absolute Gasteiger partial charge is 0.310 e. The van der Waals surface area contributed by atoms with Crippen LogP contribution in [0.5, 0.6) is 0 Å². The van der Waals surface area contributed by atoms with E-state index < -0.39 is 0 Å². The van der Waals surface area contributed by atoms with Gasteiger partial charge in [0.05, 0.1) is 15.7 Å². The van der Waals surface area contributed by atoms with Gasteiger partial charge in [0.2, 0.25) is 0 Å². The Kier molecular flexibility index (Phi) is 9.04. The Morgan fingerprint density at radius 3 is 1.34 bits per heavy atom. The summed E-state index contributed by atoms with van der Waals surface area (Å²) in [5.41, 5.74) is 14.8. The lowest BCUT2D eigenvalue weighted by Crippen LogP contribution is -2.13. The van der Waals surface area contributed by atoms with Gasteiger partial charge in [-0.25, -0.2) is 0 Å². The molecule has 0 bridgehead atoms. The van der Waals surface area contributed by atoms with E-state index >= 15 is 0 Å². The number of anilines is 6. The molecule has 5 heteroatoms. The Balaban J connectivity index is 1.07. The molecule has 0 aliphatic heterocycles. The zero-order valence-corrected chi connectivity index (χ0v) is 39.2. The lowest BCUT2D eigenvalue weighted by atomic mass is 9.87. The van der Waals surface area contributed by atoms with Crippen LogP contribution in [-0.4, -0.2) is 4.40 Å². The van der Waals surface area contributed by atoms with Crippen LogP contribution in [0.3, 0.4) is 0 Å². The van der Waals surface area contributed by atoms with Gasteiger partial charge in [-0.2, -0.15) is 0 Å². The van der Waals surface area contributed by atoms with Gasteiger partial charge in [0, 0.05) is 70.5 Å². The minimum absolute atomic E-state index is 0.0794. The molecule has 0 amide bonds. The van der Waals surface area contributed by atoms with Crippen LogP contribution >= 0.6 is 22.7 Å². The van der Waals surface area contributed by atoms with E-state index in [0.717, 1.165) is 34.1 Å². The van der Waals surface area contributed by atoms with Crippen molar-refractivity contribution in [3.8, 4) is 11.1 Å². The quantitative estimate of drug-likeness (QED) is 0.158. The smallest absolute Gasteiger partial charge is 0.109 e. The van der Waals surface area contributed by atoms with E-state index in [1.807, 2.05) is 22.7 Å². The molecule has 4 aromatic heterocycles. The first-order chi connectivity index (χ1) is 31.5. The average Bonchev–Trinajstić information content (AvgIpc) is 4.05. The van der Waals surface area contributed by atoms with Crippen molar-refractivity contribution >= 4 is 114 Å². The summed E-state index contributed by atoms with van der Waals surface area (Å²) in [6, 6.07) is 69.7. The zero-order valence-electron chi connectivity index (χ0n) is 37.6. The summed E-state index contributed by atoms with van der Waals surface area (Å²) in [7, 11) is 0. The van der Waals surface area contributed by atoms with E-state index in [1.165, 1.54) is 79.1 Å². The van der Waals surface area contributed by atoms with E-state index in [0.29, 0.717) is 0 Å². The summed E-state index contributed by atoms with van der Waals surface area (Å²) in [4.78, 5) is 6.09. The summed E-state index contributed by atoms with van der Waals surface area (Å²) < 4.78 is 6.51. The standard InChI is InChI=1S/C60H49N3S2/c1-59(2,3)40-22-26-44(27-23-40)61(42-18-12-8-13-19-42)46-30-32-48-52(36-46)65-58-54(48)50-34-39(38-16-10-7-11-17-38)35-51-55(50)63(58)56-49-33-31-47(37-53(49)64-57(51)56)62(43-20-14-9-15-21-43)45-28-24-41(25-29-45)60(4,5)6/h7-37H,1-6H3. The molecule has 0 atom stereocenters. The highest BCUT2D eigenvalue weighted by molar-refractivity contribution is 7.27. The van der Waals surface area contributed by atoms with Gasteiger partial charge in [-0.1, -0.05) is 139 Å². The van der Waals surface area contributed by atoms with E-state index in [4.69, 9.17) is 0 Å². The summed E-state index contributed by atoms with van der Waals surface area (Å²) >= 11 is 3.84. The third-order valence-electron chi connectivity index (χ3n) is 13.2. The second-order valence-electron chi connectivity index (χ2n) is 19.5. The highest BCUT2D eigenvalue weighted by atomic mass is 32.1. The Labute approximate surface area is 388 Å². The van der Waals surface area contributed by atoms with Gasteiger partial charge in [0.25, 0.3) is 0 Å². The van der Waals surface area contributed by atoms with Crippen molar-refractivity contribution in [1.82, 2.24) is 4.40 Å². The predicted molar refractivity (Wildman–Crippen MR) is 284 cm³/mol. The molecule has 0 aliphatic rings. The van der Waals surface area contributed by atoms with Crippen molar-refractivity contribution in [1.29, 1.82) is 0 Å². The second kappa shape index (κ2) is 14.8. The third-order valence-corrected chi connectivity index (χ3v) is 15.5. The zero-order chi connectivity index (χ0) is 44.2. The predicted octanol–water partition coefficient (Wildman–Crippen LogP) is 18.5. The van der Waals surface area contributed by atoms with Gasteiger partial charge in [-0.3, -0.25) is 4.40 Å². The average molecular weight is 876 g/mol. The lowest BCUT2D eigenvalue weighted by Gasteiger charge is -2.27. The molecule has 3 nitrogen and oxygen atoms in total. The third kappa shape index (κ3) is 6.51. The van der Waals surface area contributed by atoms with Crippen molar-refractivity contribution in [2.75, 3.05) is 9.80 Å². The van der Waals surface area contributed by atoms with E-state index in [1.54, 1.807) is 0 Å². The topological polar surface area (TPSA) is 10.9 Å². The summed E-state index contributed by atoms with van der Waals surface area (Å²) in [5.74, 6) is 0. The number of para-hydroxylation sites is 2. The molecule has 8 aromatic carbocycles. The van der Waals surface area contributed by atoms with Crippen molar-refractivity contribution in [3.05, 3.63) is 199 Å². The number of fused-ring (bicyclic) bond motifs is 10. The van der Waals surface area contributed by atoms with Gasteiger partial charge in [-0.05, 0) is 124 Å². The van der Waals surface area contributed by atoms with Gasteiger partial charge in [0.1, 0.15) is 4.83 Å². The molecule has 0 saturated carbocycles. The minimum Gasteiger partial charge on any atom is -0.310 e. The molecule has 316 valence electrons. The van der Waals surface area contributed by atoms with E-state index in [2.05, 4.69) is 244 Å². The molecule has 12 aromatic rings. The molecule has 12 rings (SSSR count). The highest BCUT2D eigenvalue weighted by Gasteiger charge is 2.27. The molecule has 0 N–H and O–H groups in total. The molecule has 0 saturated heterocycles. The maximum atomic E-state index is 2.60. The van der Waals surface area contributed by atoms with Gasteiger partial charge < -0.3 is 9.80 Å². The van der Waals surface area contributed by atoms with Crippen molar-refractivity contribution in [2.45, 2.75) is 52.4 Å². The van der Waals surface area contributed by atoms with Crippen molar-refractivity contribution in [3.63, 3.8) is 0 Å². The molecule has 0 unspecified atom stereocenters. The first-order valence-corrected chi connectivity index (χ1v) is 24.2. The normalized spacial score (nSPS) is 12.5. The maximum Gasteiger partial charge on any atom is 0.109 e. The van der Waals surface area contributed by atoms with Crippen LogP contribution < -0.4 is 9.80 Å². The number of benzene rings is 8. The fourth-order valence-corrected chi connectivity index (χ4v) is 12.4.